The molecule has 0 aliphatic rings. The van der Waals surface area contributed by atoms with Crippen molar-refractivity contribution in [2.75, 3.05) is 11.5 Å². The number of rotatable bonds is 6. The van der Waals surface area contributed by atoms with E-state index in [9.17, 15) is 13.2 Å². The number of aromatic amines is 1. The first-order valence-electron chi connectivity index (χ1n) is 6.96. The Kier molecular flexibility index (Phi) is 4.67. The van der Waals surface area contributed by atoms with Gasteiger partial charge in [0.05, 0.1) is 12.2 Å². The molecule has 0 aliphatic heterocycles. The Morgan fingerprint density at radius 2 is 2.05 bits per heavy atom. The van der Waals surface area contributed by atoms with E-state index < -0.39 is 9.84 Å². The Morgan fingerprint density at radius 1 is 1.33 bits per heavy atom. The Bertz CT molecular complexity index is 734. The highest BCUT2D eigenvalue weighted by Crippen LogP contribution is 2.17. The summed E-state index contributed by atoms with van der Waals surface area (Å²) in [4.78, 5) is 15.1. The summed E-state index contributed by atoms with van der Waals surface area (Å²) in [5, 5.41) is 3.76. The van der Waals surface area contributed by atoms with Gasteiger partial charge in [-0.3, -0.25) is 4.79 Å². The van der Waals surface area contributed by atoms with Gasteiger partial charge < -0.3 is 10.3 Å². The van der Waals surface area contributed by atoms with Gasteiger partial charge in [0, 0.05) is 28.9 Å². The summed E-state index contributed by atoms with van der Waals surface area (Å²) >= 11 is 0. The van der Waals surface area contributed by atoms with Gasteiger partial charge in [-0.25, -0.2) is 8.42 Å². The first kappa shape index (κ1) is 15.6. The Morgan fingerprint density at radius 3 is 2.76 bits per heavy atom. The molecule has 0 aliphatic carbocycles. The fourth-order valence-corrected chi connectivity index (χ4v) is 3.40. The Hall–Kier alpha value is -1.82. The number of H-pyrrole nitrogens is 1. The van der Waals surface area contributed by atoms with Crippen LogP contribution in [0, 0.1) is 0 Å². The van der Waals surface area contributed by atoms with Gasteiger partial charge in [-0.1, -0.05) is 25.1 Å². The molecule has 0 bridgehead atoms. The molecule has 0 radical (unpaired) electrons. The SMILES string of the molecule is CCS(=O)(=O)CC(C)NC(=O)Cc1c[nH]c2ccccc12. The van der Waals surface area contributed by atoms with E-state index in [4.69, 9.17) is 0 Å². The molecule has 5 nitrogen and oxygen atoms in total. The van der Waals surface area contributed by atoms with Crippen LogP contribution in [-0.4, -0.2) is 36.9 Å². The zero-order chi connectivity index (χ0) is 15.5. The van der Waals surface area contributed by atoms with Crippen molar-refractivity contribution in [3.8, 4) is 0 Å². The summed E-state index contributed by atoms with van der Waals surface area (Å²) in [5.41, 5.74) is 1.90. The minimum absolute atomic E-state index is 0.0247. The molecule has 114 valence electrons. The van der Waals surface area contributed by atoms with Gasteiger partial charge in [0.25, 0.3) is 0 Å². The molecular formula is C15H20N2O3S. The van der Waals surface area contributed by atoms with Crippen molar-refractivity contribution in [1.82, 2.24) is 10.3 Å². The molecule has 6 heteroatoms. The maximum absolute atomic E-state index is 12.0. The molecule has 0 fully saturated rings. The standard InChI is InChI=1S/C15H20N2O3S/c1-3-21(19,20)10-11(2)17-15(18)8-12-9-16-14-7-5-4-6-13(12)14/h4-7,9,11,16H,3,8,10H2,1-2H3,(H,17,18). The number of carbonyl (C=O) groups excluding carboxylic acids is 1. The van der Waals surface area contributed by atoms with Crippen LogP contribution in [0.4, 0.5) is 0 Å². The molecule has 21 heavy (non-hydrogen) atoms. The molecule has 0 spiro atoms. The summed E-state index contributed by atoms with van der Waals surface area (Å²) in [6.07, 6.45) is 2.05. The second-order valence-corrected chi connectivity index (χ2v) is 7.60. The highest BCUT2D eigenvalue weighted by Gasteiger charge is 2.16. The van der Waals surface area contributed by atoms with Crippen molar-refractivity contribution in [1.29, 1.82) is 0 Å². The van der Waals surface area contributed by atoms with Crippen LogP contribution in [0.15, 0.2) is 30.5 Å². The third-order valence-corrected chi connectivity index (χ3v) is 5.26. The van der Waals surface area contributed by atoms with Crippen molar-refractivity contribution >= 4 is 26.6 Å². The number of amides is 1. The van der Waals surface area contributed by atoms with Gasteiger partial charge in [-0.2, -0.15) is 0 Å². The number of para-hydroxylation sites is 1. The number of aromatic nitrogens is 1. The van der Waals surface area contributed by atoms with Gasteiger partial charge >= 0.3 is 0 Å². The maximum Gasteiger partial charge on any atom is 0.224 e. The minimum atomic E-state index is -3.08. The van der Waals surface area contributed by atoms with E-state index in [1.807, 2.05) is 30.5 Å². The van der Waals surface area contributed by atoms with E-state index in [1.165, 1.54) is 0 Å². The topological polar surface area (TPSA) is 79.0 Å². The summed E-state index contributed by atoms with van der Waals surface area (Å²) in [7, 11) is -3.08. The summed E-state index contributed by atoms with van der Waals surface area (Å²) in [5.74, 6) is -0.0998. The van der Waals surface area contributed by atoms with E-state index in [0.717, 1.165) is 16.5 Å². The highest BCUT2D eigenvalue weighted by atomic mass is 32.2. The lowest BCUT2D eigenvalue weighted by Crippen LogP contribution is -2.38. The van der Waals surface area contributed by atoms with Gasteiger partial charge in [0.2, 0.25) is 5.91 Å². The molecule has 1 atom stereocenters. The van der Waals surface area contributed by atoms with Gasteiger partial charge in [0.15, 0.2) is 9.84 Å². The fraction of sp³-hybridized carbons (Fsp3) is 0.400. The van der Waals surface area contributed by atoms with Crippen LogP contribution in [0.3, 0.4) is 0 Å². The van der Waals surface area contributed by atoms with E-state index in [1.54, 1.807) is 13.8 Å². The number of sulfone groups is 1. The van der Waals surface area contributed by atoms with Crippen LogP contribution in [0.2, 0.25) is 0 Å². The van der Waals surface area contributed by atoms with Crippen LogP contribution >= 0.6 is 0 Å². The van der Waals surface area contributed by atoms with Crippen LogP contribution in [0.1, 0.15) is 19.4 Å². The number of hydrogen-bond acceptors (Lipinski definition) is 3. The fourth-order valence-electron chi connectivity index (χ4n) is 2.32. The average molecular weight is 308 g/mol. The highest BCUT2D eigenvalue weighted by molar-refractivity contribution is 7.91. The molecule has 2 N–H and O–H groups in total. The molecule has 0 saturated heterocycles. The monoisotopic (exact) mass is 308 g/mol. The lowest BCUT2D eigenvalue weighted by atomic mass is 10.1. The summed E-state index contributed by atoms with van der Waals surface area (Å²) in [6.45, 7) is 3.32. The normalized spacial score (nSPS) is 13.2. The second kappa shape index (κ2) is 6.30. The minimum Gasteiger partial charge on any atom is -0.361 e. The van der Waals surface area contributed by atoms with Gasteiger partial charge in [-0.15, -0.1) is 0 Å². The molecular weight excluding hydrogens is 288 g/mol. The van der Waals surface area contributed by atoms with Crippen LogP contribution in [0.25, 0.3) is 10.9 Å². The molecule has 0 saturated carbocycles. The number of nitrogens with one attached hydrogen (secondary N) is 2. The zero-order valence-electron chi connectivity index (χ0n) is 12.2. The summed E-state index contributed by atoms with van der Waals surface area (Å²) < 4.78 is 23.1. The predicted octanol–water partition coefficient (Wildman–Crippen LogP) is 1.65. The Balaban J connectivity index is 1.99. The van der Waals surface area contributed by atoms with Gasteiger partial charge in [-0.05, 0) is 18.6 Å². The molecule has 1 aromatic heterocycles. The molecule has 1 unspecified atom stereocenters. The van der Waals surface area contributed by atoms with Crippen molar-refractivity contribution in [3.05, 3.63) is 36.0 Å². The smallest absolute Gasteiger partial charge is 0.224 e. The third kappa shape index (κ3) is 4.07. The number of benzene rings is 1. The molecule has 1 aromatic carbocycles. The lowest BCUT2D eigenvalue weighted by Gasteiger charge is -2.13. The quantitative estimate of drug-likeness (QED) is 0.851. The zero-order valence-corrected chi connectivity index (χ0v) is 13.0. The molecule has 1 heterocycles. The summed E-state index contributed by atoms with van der Waals surface area (Å²) in [6, 6.07) is 7.38. The van der Waals surface area contributed by atoms with Crippen molar-refractivity contribution < 1.29 is 13.2 Å². The largest absolute Gasteiger partial charge is 0.361 e. The second-order valence-electron chi connectivity index (χ2n) is 5.20. The van der Waals surface area contributed by atoms with Crippen LogP contribution in [-0.2, 0) is 21.1 Å². The van der Waals surface area contributed by atoms with E-state index in [2.05, 4.69) is 10.3 Å². The van der Waals surface area contributed by atoms with Crippen LogP contribution in [0.5, 0.6) is 0 Å². The lowest BCUT2D eigenvalue weighted by molar-refractivity contribution is -0.120. The third-order valence-electron chi connectivity index (χ3n) is 3.38. The maximum atomic E-state index is 12.0. The molecule has 2 aromatic rings. The number of fused-ring (bicyclic) bond motifs is 1. The first-order chi connectivity index (χ1) is 9.91. The molecule has 2 rings (SSSR count). The van der Waals surface area contributed by atoms with E-state index in [-0.39, 0.29) is 29.9 Å². The molecule has 1 amide bonds. The first-order valence-corrected chi connectivity index (χ1v) is 8.78. The van der Waals surface area contributed by atoms with Crippen molar-refractivity contribution in [3.63, 3.8) is 0 Å². The predicted molar refractivity (Wildman–Crippen MR) is 83.9 cm³/mol. The number of carbonyl (C=O) groups is 1. The van der Waals surface area contributed by atoms with Gasteiger partial charge in [0.1, 0.15) is 0 Å². The van der Waals surface area contributed by atoms with E-state index in [0.29, 0.717) is 0 Å². The van der Waals surface area contributed by atoms with Crippen molar-refractivity contribution in [2.24, 2.45) is 0 Å². The van der Waals surface area contributed by atoms with Crippen LogP contribution < -0.4 is 5.32 Å². The number of hydrogen-bond donors (Lipinski definition) is 2. The van der Waals surface area contributed by atoms with E-state index >= 15 is 0 Å². The Labute approximate surface area is 124 Å². The average Bonchev–Trinajstić information content (AvgIpc) is 2.81. The van der Waals surface area contributed by atoms with Crippen molar-refractivity contribution in [2.45, 2.75) is 26.3 Å².